The topological polar surface area (TPSA) is 83.4 Å². The Bertz CT molecular complexity index is 1030. The van der Waals surface area contributed by atoms with Gasteiger partial charge in [-0.15, -0.1) is 0 Å². The monoisotopic (exact) mass is 382 g/mol. The van der Waals surface area contributed by atoms with Crippen LogP contribution < -0.4 is 16.0 Å². The van der Waals surface area contributed by atoms with Crippen LogP contribution in [0.1, 0.15) is 24.0 Å². The number of halogens is 1. The molecule has 2 aromatic heterocycles. The Balaban J connectivity index is 1.63. The second kappa shape index (κ2) is 7.10. The second-order valence-corrected chi connectivity index (χ2v) is 7.34. The first-order valence-electron chi connectivity index (χ1n) is 9.28. The van der Waals surface area contributed by atoms with E-state index < -0.39 is 6.17 Å². The normalized spacial score (nSPS) is 18.1. The molecule has 146 valence electrons. The van der Waals surface area contributed by atoms with Crippen molar-refractivity contribution in [1.82, 2.24) is 14.6 Å². The average Bonchev–Trinajstić information content (AvgIpc) is 3.16. The number of fused-ring (bicyclic) bond motifs is 1. The number of hydrogen-bond donors (Lipinski definition) is 3. The molecule has 0 aliphatic heterocycles. The van der Waals surface area contributed by atoms with Crippen molar-refractivity contribution >= 4 is 34.6 Å². The molecule has 8 heteroatoms. The van der Waals surface area contributed by atoms with E-state index in [0.717, 1.165) is 22.6 Å². The van der Waals surface area contributed by atoms with Gasteiger partial charge < -0.3 is 16.0 Å². The molecule has 2 atom stereocenters. The standard InChI is InChI=1S/C20H23FN6O/c1-11-4-12(2)6-14(5-11)24-17-9-18(22-3)27-20(26-17)16(10-23-27)25-19(28)8-13-7-15(13)21/h4-6,9-10,13,15,22H,7-8H2,1-3H3,(H,24,26)(H,25,28)/t13-,15-/m0/s1. The lowest BCUT2D eigenvalue weighted by Gasteiger charge is -2.11. The average molecular weight is 382 g/mol. The van der Waals surface area contributed by atoms with Crippen LogP contribution in [-0.2, 0) is 4.79 Å². The third kappa shape index (κ3) is 3.76. The zero-order valence-corrected chi connectivity index (χ0v) is 16.1. The highest BCUT2D eigenvalue weighted by atomic mass is 19.1. The molecule has 0 unspecified atom stereocenters. The van der Waals surface area contributed by atoms with Crippen LogP contribution in [0.15, 0.2) is 30.5 Å². The third-order valence-corrected chi connectivity index (χ3v) is 4.78. The first kappa shape index (κ1) is 18.2. The van der Waals surface area contributed by atoms with Crippen molar-refractivity contribution in [2.75, 3.05) is 23.0 Å². The minimum Gasteiger partial charge on any atom is -0.373 e. The molecule has 7 nitrogen and oxygen atoms in total. The fraction of sp³-hybridized carbons (Fsp3) is 0.350. The number of nitrogens with one attached hydrogen (secondary N) is 3. The van der Waals surface area contributed by atoms with E-state index in [1.54, 1.807) is 17.8 Å². The van der Waals surface area contributed by atoms with Gasteiger partial charge in [-0.05, 0) is 43.5 Å². The summed E-state index contributed by atoms with van der Waals surface area (Å²) in [4.78, 5) is 16.8. The van der Waals surface area contributed by atoms with Crippen molar-refractivity contribution < 1.29 is 9.18 Å². The number of rotatable bonds is 6. The van der Waals surface area contributed by atoms with Gasteiger partial charge >= 0.3 is 0 Å². The number of carbonyl (C=O) groups excluding carboxylic acids is 1. The first-order valence-corrected chi connectivity index (χ1v) is 9.28. The molecule has 3 aromatic rings. The van der Waals surface area contributed by atoms with Crippen molar-refractivity contribution in [3.8, 4) is 0 Å². The van der Waals surface area contributed by atoms with Gasteiger partial charge in [0.15, 0.2) is 5.65 Å². The van der Waals surface area contributed by atoms with Gasteiger partial charge in [0.25, 0.3) is 0 Å². The van der Waals surface area contributed by atoms with Gasteiger partial charge in [-0.1, -0.05) is 6.07 Å². The lowest BCUT2D eigenvalue weighted by Crippen LogP contribution is -2.13. The van der Waals surface area contributed by atoms with Crippen molar-refractivity contribution in [3.63, 3.8) is 0 Å². The van der Waals surface area contributed by atoms with E-state index in [4.69, 9.17) is 0 Å². The minimum atomic E-state index is -0.850. The minimum absolute atomic E-state index is 0.163. The van der Waals surface area contributed by atoms with Crippen LogP contribution in [0.4, 0.5) is 27.4 Å². The summed E-state index contributed by atoms with van der Waals surface area (Å²) in [6, 6.07) is 8.04. The molecule has 0 spiro atoms. The van der Waals surface area contributed by atoms with Crippen LogP contribution in [0.25, 0.3) is 5.65 Å². The summed E-state index contributed by atoms with van der Waals surface area (Å²) < 4.78 is 14.7. The molecule has 1 amide bonds. The van der Waals surface area contributed by atoms with Gasteiger partial charge in [0.2, 0.25) is 5.91 Å². The summed E-state index contributed by atoms with van der Waals surface area (Å²) in [5.41, 5.74) is 4.26. The van der Waals surface area contributed by atoms with Crippen LogP contribution >= 0.6 is 0 Å². The lowest BCUT2D eigenvalue weighted by atomic mass is 10.1. The number of anilines is 4. The quantitative estimate of drug-likeness (QED) is 0.604. The van der Waals surface area contributed by atoms with Gasteiger partial charge in [-0.2, -0.15) is 9.61 Å². The van der Waals surface area contributed by atoms with Crippen molar-refractivity contribution in [3.05, 3.63) is 41.6 Å². The molecule has 0 bridgehead atoms. The number of amides is 1. The van der Waals surface area contributed by atoms with Crippen LogP contribution in [0.5, 0.6) is 0 Å². The Labute approximate surface area is 162 Å². The van der Waals surface area contributed by atoms with Crippen LogP contribution in [0.2, 0.25) is 0 Å². The molecule has 28 heavy (non-hydrogen) atoms. The molecule has 0 saturated heterocycles. The van der Waals surface area contributed by atoms with Crippen LogP contribution in [0.3, 0.4) is 0 Å². The molecule has 2 heterocycles. The molecule has 1 saturated carbocycles. The van der Waals surface area contributed by atoms with Gasteiger partial charge in [0.1, 0.15) is 23.5 Å². The molecule has 1 aromatic carbocycles. The first-order chi connectivity index (χ1) is 13.4. The number of nitrogens with zero attached hydrogens (tertiary/aromatic N) is 3. The molecular formula is C20H23FN6O. The number of hydrogen-bond acceptors (Lipinski definition) is 5. The Kier molecular flexibility index (Phi) is 4.62. The Hall–Kier alpha value is -3.16. The van der Waals surface area contributed by atoms with Gasteiger partial charge in [-0.3, -0.25) is 4.79 Å². The maximum atomic E-state index is 13.1. The predicted octanol–water partition coefficient (Wildman–Crippen LogP) is 3.82. The van der Waals surface area contributed by atoms with Crippen LogP contribution in [0, 0.1) is 19.8 Å². The lowest BCUT2D eigenvalue weighted by molar-refractivity contribution is -0.116. The fourth-order valence-electron chi connectivity index (χ4n) is 3.35. The Morgan fingerprint density at radius 2 is 1.96 bits per heavy atom. The third-order valence-electron chi connectivity index (χ3n) is 4.78. The van der Waals surface area contributed by atoms with Gasteiger partial charge in [0.05, 0.1) is 6.20 Å². The largest absolute Gasteiger partial charge is 0.373 e. The molecule has 1 fully saturated rings. The summed E-state index contributed by atoms with van der Waals surface area (Å²) in [6.07, 6.45) is 1.35. The number of benzene rings is 1. The van der Waals surface area contributed by atoms with E-state index in [0.29, 0.717) is 23.6 Å². The Morgan fingerprint density at radius 1 is 1.25 bits per heavy atom. The smallest absolute Gasteiger partial charge is 0.224 e. The maximum Gasteiger partial charge on any atom is 0.224 e. The SMILES string of the molecule is CNc1cc(Nc2cc(C)cc(C)c2)nc2c(NC(=O)C[C@@H]3C[C@@H]3F)cnn12. The van der Waals surface area contributed by atoms with E-state index >= 15 is 0 Å². The summed E-state index contributed by atoms with van der Waals surface area (Å²) in [6.45, 7) is 4.08. The predicted molar refractivity (Wildman–Crippen MR) is 108 cm³/mol. The van der Waals surface area contributed by atoms with E-state index in [-0.39, 0.29) is 18.2 Å². The summed E-state index contributed by atoms with van der Waals surface area (Å²) in [7, 11) is 1.80. The Morgan fingerprint density at radius 3 is 2.61 bits per heavy atom. The number of aromatic nitrogens is 3. The van der Waals surface area contributed by atoms with Crippen molar-refractivity contribution in [2.45, 2.75) is 32.9 Å². The van der Waals surface area contributed by atoms with E-state index in [9.17, 15) is 9.18 Å². The zero-order chi connectivity index (χ0) is 19.8. The van der Waals surface area contributed by atoms with Gasteiger partial charge in [-0.25, -0.2) is 9.37 Å². The van der Waals surface area contributed by atoms with Crippen molar-refractivity contribution in [2.24, 2.45) is 5.92 Å². The maximum absolute atomic E-state index is 13.1. The fourth-order valence-corrected chi connectivity index (χ4v) is 3.35. The number of alkyl halides is 1. The summed E-state index contributed by atoms with van der Waals surface area (Å²) in [5, 5.41) is 13.5. The highest BCUT2D eigenvalue weighted by Crippen LogP contribution is 2.37. The van der Waals surface area contributed by atoms with Gasteiger partial charge in [0, 0.05) is 31.1 Å². The number of aryl methyl sites for hydroxylation is 2. The van der Waals surface area contributed by atoms with E-state index in [2.05, 4.69) is 32.1 Å². The van der Waals surface area contributed by atoms with Crippen molar-refractivity contribution in [1.29, 1.82) is 0 Å². The highest BCUT2D eigenvalue weighted by Gasteiger charge is 2.38. The summed E-state index contributed by atoms with van der Waals surface area (Å²) >= 11 is 0. The number of carbonyl (C=O) groups is 1. The molecule has 1 aliphatic carbocycles. The molecule has 0 radical (unpaired) electrons. The second-order valence-electron chi connectivity index (χ2n) is 7.34. The molecule has 1 aliphatic rings. The summed E-state index contributed by atoms with van der Waals surface area (Å²) in [5.74, 6) is 0.970. The molecule has 4 rings (SSSR count). The van der Waals surface area contributed by atoms with E-state index in [1.807, 2.05) is 32.0 Å². The highest BCUT2D eigenvalue weighted by molar-refractivity contribution is 5.95. The van der Waals surface area contributed by atoms with E-state index in [1.165, 1.54) is 0 Å². The van der Waals surface area contributed by atoms with Crippen LogP contribution in [-0.4, -0.2) is 33.7 Å². The zero-order valence-electron chi connectivity index (χ0n) is 16.1. The molecule has 3 N–H and O–H groups in total. The molecular weight excluding hydrogens is 359 g/mol.